The van der Waals surface area contributed by atoms with Gasteiger partial charge < -0.3 is 5.11 Å². The fourth-order valence-corrected chi connectivity index (χ4v) is 2.54. The first kappa shape index (κ1) is 8.65. The van der Waals surface area contributed by atoms with Gasteiger partial charge in [-0.25, -0.2) is 9.78 Å². The van der Waals surface area contributed by atoms with Crippen molar-refractivity contribution in [3.63, 3.8) is 0 Å². The van der Waals surface area contributed by atoms with E-state index in [0.29, 0.717) is 4.60 Å². The molecule has 0 radical (unpaired) electrons. The number of carbonyl (C=O) groups is 1. The van der Waals surface area contributed by atoms with Gasteiger partial charge in [0.1, 0.15) is 4.60 Å². The van der Waals surface area contributed by atoms with Crippen LogP contribution in [0, 0.1) is 0 Å². The summed E-state index contributed by atoms with van der Waals surface area (Å²) < 4.78 is 1.45. The molecule has 2 rings (SSSR count). The van der Waals surface area contributed by atoms with Crippen molar-refractivity contribution in [2.75, 3.05) is 0 Å². The Bertz CT molecular complexity index is 480. The third-order valence-electron chi connectivity index (χ3n) is 1.67. The highest BCUT2D eigenvalue weighted by atomic mass is 79.9. The summed E-state index contributed by atoms with van der Waals surface area (Å²) in [6.45, 7) is 0. The Labute approximate surface area is 86.2 Å². The summed E-state index contributed by atoms with van der Waals surface area (Å²) in [5.41, 5.74) is 0.258. The number of fused-ring (bicyclic) bond motifs is 1. The first-order chi connectivity index (χ1) is 6.20. The number of pyridine rings is 1. The monoisotopic (exact) mass is 257 g/mol. The number of aromatic nitrogens is 1. The van der Waals surface area contributed by atoms with Crippen LogP contribution in [0.15, 0.2) is 22.2 Å². The molecule has 5 heteroatoms. The summed E-state index contributed by atoms with van der Waals surface area (Å²) in [5.74, 6) is -0.938. The number of aromatic carboxylic acids is 1. The minimum atomic E-state index is -0.938. The van der Waals surface area contributed by atoms with Crippen molar-refractivity contribution in [2.24, 2.45) is 0 Å². The topological polar surface area (TPSA) is 50.2 Å². The van der Waals surface area contributed by atoms with Gasteiger partial charge in [-0.3, -0.25) is 0 Å². The molecule has 0 bridgehead atoms. The van der Waals surface area contributed by atoms with E-state index in [9.17, 15) is 4.79 Å². The summed E-state index contributed by atoms with van der Waals surface area (Å²) in [5, 5.41) is 11.5. The molecule has 0 atom stereocenters. The van der Waals surface area contributed by atoms with Gasteiger partial charge in [-0.05, 0) is 27.4 Å². The smallest absolute Gasteiger partial charge is 0.338 e. The molecule has 0 saturated heterocycles. The summed E-state index contributed by atoms with van der Waals surface area (Å²) in [6.07, 6.45) is 1.37. The molecule has 0 aromatic carbocycles. The summed E-state index contributed by atoms with van der Waals surface area (Å²) in [6, 6.07) is 1.85. The fourth-order valence-electron chi connectivity index (χ4n) is 1.08. The summed E-state index contributed by atoms with van der Waals surface area (Å²) in [4.78, 5) is 14.7. The highest BCUT2D eigenvalue weighted by Gasteiger charge is 2.11. The number of carboxylic acids is 1. The van der Waals surface area contributed by atoms with E-state index >= 15 is 0 Å². The number of hydrogen-bond acceptors (Lipinski definition) is 3. The maximum atomic E-state index is 10.8. The lowest BCUT2D eigenvalue weighted by Gasteiger charge is -1.97. The Morgan fingerprint density at radius 1 is 1.62 bits per heavy atom. The van der Waals surface area contributed by atoms with E-state index in [4.69, 9.17) is 5.11 Å². The van der Waals surface area contributed by atoms with Crippen molar-refractivity contribution in [3.8, 4) is 0 Å². The number of rotatable bonds is 1. The Morgan fingerprint density at radius 2 is 2.38 bits per heavy atom. The standard InChI is InChI=1S/C8H4BrNO2S/c9-7-4-1-2-13-6(4)5(3-10-7)8(11)12/h1-3H,(H,11,12). The van der Waals surface area contributed by atoms with Crippen molar-refractivity contribution in [1.82, 2.24) is 4.98 Å². The van der Waals surface area contributed by atoms with Crippen LogP contribution in [0.1, 0.15) is 10.4 Å². The third-order valence-corrected chi connectivity index (χ3v) is 3.25. The molecule has 3 nitrogen and oxygen atoms in total. The van der Waals surface area contributed by atoms with Gasteiger partial charge in [0.15, 0.2) is 0 Å². The molecule has 0 fully saturated rings. The zero-order valence-corrected chi connectivity index (χ0v) is 8.72. The molecule has 0 aliphatic heterocycles. The van der Waals surface area contributed by atoms with E-state index in [0.717, 1.165) is 10.1 Å². The van der Waals surface area contributed by atoms with Gasteiger partial charge in [-0.1, -0.05) is 0 Å². The quantitative estimate of drug-likeness (QED) is 0.800. The first-order valence-corrected chi connectivity index (χ1v) is 5.12. The van der Waals surface area contributed by atoms with Crippen LogP contribution in [-0.4, -0.2) is 16.1 Å². The molecule has 0 unspecified atom stereocenters. The van der Waals surface area contributed by atoms with Crippen molar-refractivity contribution in [3.05, 3.63) is 27.8 Å². The maximum Gasteiger partial charge on any atom is 0.338 e. The third kappa shape index (κ3) is 1.34. The molecule has 66 valence electrons. The molecular weight excluding hydrogens is 254 g/mol. The van der Waals surface area contributed by atoms with E-state index in [-0.39, 0.29) is 5.56 Å². The van der Waals surface area contributed by atoms with E-state index in [2.05, 4.69) is 20.9 Å². The molecular formula is C8H4BrNO2S. The predicted octanol–water partition coefficient (Wildman–Crippen LogP) is 2.76. The zero-order valence-electron chi connectivity index (χ0n) is 6.32. The minimum Gasteiger partial charge on any atom is -0.478 e. The SMILES string of the molecule is O=C(O)c1cnc(Br)c2ccsc12. The second kappa shape index (κ2) is 3.08. The van der Waals surface area contributed by atoms with E-state index < -0.39 is 5.97 Å². The van der Waals surface area contributed by atoms with Gasteiger partial charge in [0.25, 0.3) is 0 Å². The molecule has 2 heterocycles. The molecule has 0 spiro atoms. The van der Waals surface area contributed by atoms with E-state index in [1.807, 2.05) is 11.4 Å². The lowest BCUT2D eigenvalue weighted by atomic mass is 10.2. The van der Waals surface area contributed by atoms with Gasteiger partial charge >= 0.3 is 5.97 Å². The van der Waals surface area contributed by atoms with Crippen LogP contribution in [0.5, 0.6) is 0 Å². The normalized spacial score (nSPS) is 10.5. The van der Waals surface area contributed by atoms with Gasteiger partial charge in [0, 0.05) is 11.6 Å². The predicted molar refractivity (Wildman–Crippen MR) is 54.3 cm³/mol. The number of nitrogens with zero attached hydrogens (tertiary/aromatic N) is 1. The molecule has 0 saturated carbocycles. The molecule has 13 heavy (non-hydrogen) atoms. The van der Waals surface area contributed by atoms with Crippen molar-refractivity contribution < 1.29 is 9.90 Å². The van der Waals surface area contributed by atoms with E-state index in [1.54, 1.807) is 0 Å². The van der Waals surface area contributed by atoms with Crippen LogP contribution in [0.25, 0.3) is 10.1 Å². The van der Waals surface area contributed by atoms with Crippen LogP contribution in [0.4, 0.5) is 0 Å². The highest BCUT2D eigenvalue weighted by Crippen LogP contribution is 2.29. The number of halogens is 1. The molecule has 2 aromatic rings. The van der Waals surface area contributed by atoms with Crippen LogP contribution < -0.4 is 0 Å². The molecule has 2 aromatic heterocycles. The van der Waals surface area contributed by atoms with Gasteiger partial charge in [-0.2, -0.15) is 0 Å². The number of thiophene rings is 1. The Morgan fingerprint density at radius 3 is 3.08 bits per heavy atom. The Kier molecular flexibility index (Phi) is 2.05. The molecule has 1 N–H and O–H groups in total. The second-order valence-electron chi connectivity index (χ2n) is 2.43. The second-order valence-corrected chi connectivity index (χ2v) is 4.10. The van der Waals surface area contributed by atoms with Crippen molar-refractivity contribution in [2.45, 2.75) is 0 Å². The lowest BCUT2D eigenvalue weighted by molar-refractivity contribution is 0.0699. The van der Waals surface area contributed by atoms with Crippen LogP contribution in [0.2, 0.25) is 0 Å². The van der Waals surface area contributed by atoms with Gasteiger partial charge in [0.2, 0.25) is 0 Å². The number of carboxylic acid groups (broad SMARTS) is 1. The minimum absolute atomic E-state index is 0.258. The van der Waals surface area contributed by atoms with E-state index in [1.165, 1.54) is 17.5 Å². The van der Waals surface area contributed by atoms with Crippen LogP contribution in [0.3, 0.4) is 0 Å². The zero-order chi connectivity index (χ0) is 9.42. The summed E-state index contributed by atoms with van der Waals surface area (Å²) in [7, 11) is 0. The molecule has 0 aliphatic carbocycles. The molecule has 0 aliphatic rings. The molecule has 0 amide bonds. The van der Waals surface area contributed by atoms with Crippen molar-refractivity contribution in [1.29, 1.82) is 0 Å². The largest absolute Gasteiger partial charge is 0.478 e. The summed E-state index contributed by atoms with van der Waals surface area (Å²) >= 11 is 4.67. The number of hydrogen-bond donors (Lipinski definition) is 1. The fraction of sp³-hybridized carbons (Fsp3) is 0. The highest BCUT2D eigenvalue weighted by molar-refractivity contribution is 9.10. The van der Waals surface area contributed by atoms with Crippen LogP contribution in [-0.2, 0) is 0 Å². The Balaban J connectivity index is 2.86. The first-order valence-electron chi connectivity index (χ1n) is 3.45. The van der Waals surface area contributed by atoms with Gasteiger partial charge in [0.05, 0.1) is 10.3 Å². The lowest BCUT2D eigenvalue weighted by Crippen LogP contribution is -1.97. The van der Waals surface area contributed by atoms with Gasteiger partial charge in [-0.15, -0.1) is 11.3 Å². The maximum absolute atomic E-state index is 10.8. The van der Waals surface area contributed by atoms with Crippen LogP contribution >= 0.6 is 27.3 Å². The average Bonchev–Trinajstić information content (AvgIpc) is 2.53. The average molecular weight is 258 g/mol. The van der Waals surface area contributed by atoms with Crippen molar-refractivity contribution >= 4 is 43.3 Å². The Hall–Kier alpha value is -0.940.